The highest BCUT2D eigenvalue weighted by atomic mass is 19.1. The number of amides is 1. The fourth-order valence-corrected chi connectivity index (χ4v) is 3.03. The highest BCUT2D eigenvalue weighted by Crippen LogP contribution is 2.24. The molecule has 144 valence electrons. The Hall–Kier alpha value is -1.94. The largest absolute Gasteiger partial charge is 0.395 e. The van der Waals surface area contributed by atoms with Crippen molar-refractivity contribution >= 4 is 11.7 Å². The van der Waals surface area contributed by atoms with Crippen molar-refractivity contribution in [3.05, 3.63) is 29.8 Å². The van der Waals surface area contributed by atoms with Crippen molar-refractivity contribution in [1.29, 1.82) is 0 Å². The minimum absolute atomic E-state index is 0.0490. The number of ketones is 1. The number of hydrogen-bond acceptors (Lipinski definition) is 7. The van der Waals surface area contributed by atoms with Gasteiger partial charge in [-0.15, -0.1) is 0 Å². The molecule has 0 spiro atoms. The standard InChI is InChI=1S/C17H24FN3O5/c1-2-14(24)21-17(9-20-11(8-22)15(25)16(17)26)12(23)5-3-10-4-6-13(18)19-7-10/h4,6-7,11,15-16,20,22,25-26H,2-3,5,8-9H2,1H3,(H,21,24)/t11-,15-,16+,17-/m1/s1. The number of pyridine rings is 1. The van der Waals surface area contributed by atoms with Gasteiger partial charge in [-0.05, 0) is 18.1 Å². The van der Waals surface area contributed by atoms with Crippen LogP contribution in [0.3, 0.4) is 0 Å². The van der Waals surface area contributed by atoms with Crippen molar-refractivity contribution < 1.29 is 29.3 Å². The Balaban J connectivity index is 2.19. The summed E-state index contributed by atoms with van der Waals surface area (Å²) >= 11 is 0. The number of aliphatic hydroxyl groups is 3. The number of Topliss-reactive ketones (excluding diaryl/α,β-unsaturated/α-hetero) is 1. The summed E-state index contributed by atoms with van der Waals surface area (Å²) in [6.45, 7) is 1.06. The first-order valence-corrected chi connectivity index (χ1v) is 8.49. The summed E-state index contributed by atoms with van der Waals surface area (Å²) in [6, 6.07) is 1.88. The van der Waals surface area contributed by atoms with Gasteiger partial charge in [0.1, 0.15) is 17.7 Å². The molecule has 1 aromatic heterocycles. The van der Waals surface area contributed by atoms with Crippen molar-refractivity contribution in [1.82, 2.24) is 15.6 Å². The van der Waals surface area contributed by atoms with Crippen LogP contribution in [0.15, 0.2) is 18.3 Å². The van der Waals surface area contributed by atoms with Crippen molar-refractivity contribution in [2.24, 2.45) is 0 Å². The monoisotopic (exact) mass is 369 g/mol. The van der Waals surface area contributed by atoms with E-state index in [2.05, 4.69) is 15.6 Å². The van der Waals surface area contributed by atoms with Crippen LogP contribution < -0.4 is 10.6 Å². The van der Waals surface area contributed by atoms with Crippen LogP contribution in [0.1, 0.15) is 25.3 Å². The van der Waals surface area contributed by atoms with Gasteiger partial charge in [-0.3, -0.25) is 9.59 Å². The van der Waals surface area contributed by atoms with Crippen LogP contribution in [0, 0.1) is 5.95 Å². The summed E-state index contributed by atoms with van der Waals surface area (Å²) in [5.74, 6) is -1.55. The van der Waals surface area contributed by atoms with Gasteiger partial charge in [0.05, 0.1) is 12.6 Å². The zero-order valence-electron chi connectivity index (χ0n) is 14.5. The van der Waals surface area contributed by atoms with E-state index in [1.54, 1.807) is 6.92 Å². The highest BCUT2D eigenvalue weighted by Gasteiger charge is 2.53. The lowest BCUT2D eigenvalue weighted by atomic mass is 9.77. The van der Waals surface area contributed by atoms with E-state index in [0.717, 1.165) is 0 Å². The van der Waals surface area contributed by atoms with Crippen molar-refractivity contribution in [2.75, 3.05) is 13.2 Å². The molecule has 1 aliphatic rings. The molecule has 0 radical (unpaired) electrons. The molecule has 1 amide bonds. The van der Waals surface area contributed by atoms with Crippen LogP contribution in [-0.4, -0.2) is 68.9 Å². The molecule has 1 aliphatic heterocycles. The molecular weight excluding hydrogens is 345 g/mol. The third-order valence-electron chi connectivity index (χ3n) is 4.69. The number of nitrogens with one attached hydrogen (secondary N) is 2. The molecule has 0 unspecified atom stereocenters. The average Bonchev–Trinajstić information content (AvgIpc) is 2.64. The van der Waals surface area contributed by atoms with E-state index >= 15 is 0 Å². The normalized spacial score (nSPS) is 28.6. The first-order chi connectivity index (χ1) is 12.3. The van der Waals surface area contributed by atoms with Gasteiger partial charge in [0, 0.05) is 25.6 Å². The summed E-state index contributed by atoms with van der Waals surface area (Å²) in [5.41, 5.74) is -1.07. The zero-order valence-corrected chi connectivity index (χ0v) is 14.5. The molecule has 0 bridgehead atoms. The molecule has 26 heavy (non-hydrogen) atoms. The van der Waals surface area contributed by atoms with Gasteiger partial charge in [0.2, 0.25) is 11.9 Å². The summed E-state index contributed by atoms with van der Waals surface area (Å²) < 4.78 is 12.9. The van der Waals surface area contributed by atoms with Crippen LogP contribution in [-0.2, 0) is 16.0 Å². The Morgan fingerprint density at radius 1 is 1.42 bits per heavy atom. The van der Waals surface area contributed by atoms with E-state index in [1.807, 2.05) is 0 Å². The van der Waals surface area contributed by atoms with Crippen molar-refractivity contribution in [3.63, 3.8) is 0 Å². The van der Waals surface area contributed by atoms with Gasteiger partial charge >= 0.3 is 0 Å². The fourth-order valence-electron chi connectivity index (χ4n) is 3.03. The summed E-state index contributed by atoms with van der Waals surface area (Å²) in [4.78, 5) is 28.3. The van der Waals surface area contributed by atoms with Crippen LogP contribution in [0.4, 0.5) is 4.39 Å². The van der Waals surface area contributed by atoms with Gasteiger partial charge < -0.3 is 26.0 Å². The summed E-state index contributed by atoms with van der Waals surface area (Å²) in [6.07, 6.45) is -1.40. The van der Waals surface area contributed by atoms with E-state index in [1.165, 1.54) is 18.3 Å². The van der Waals surface area contributed by atoms with Gasteiger partial charge in [-0.2, -0.15) is 4.39 Å². The average molecular weight is 369 g/mol. The lowest BCUT2D eigenvalue weighted by molar-refractivity contribution is -0.148. The molecule has 1 aromatic rings. The first-order valence-electron chi connectivity index (χ1n) is 8.49. The number of aliphatic hydroxyl groups excluding tert-OH is 3. The second kappa shape index (κ2) is 8.63. The maximum atomic E-state index is 12.9. The maximum Gasteiger partial charge on any atom is 0.220 e. The third kappa shape index (κ3) is 4.24. The number of aryl methyl sites for hydroxylation is 1. The van der Waals surface area contributed by atoms with E-state index in [-0.39, 0.29) is 25.8 Å². The molecule has 0 saturated carbocycles. The number of aromatic nitrogens is 1. The molecule has 2 heterocycles. The van der Waals surface area contributed by atoms with Crippen molar-refractivity contribution in [3.8, 4) is 0 Å². The lowest BCUT2D eigenvalue weighted by Gasteiger charge is -2.46. The van der Waals surface area contributed by atoms with Crippen LogP contribution in [0.5, 0.6) is 0 Å². The Bertz CT molecular complexity index is 642. The number of halogens is 1. The second-order valence-corrected chi connectivity index (χ2v) is 6.39. The minimum Gasteiger partial charge on any atom is -0.395 e. The molecule has 8 nitrogen and oxygen atoms in total. The van der Waals surface area contributed by atoms with Crippen LogP contribution in [0.25, 0.3) is 0 Å². The lowest BCUT2D eigenvalue weighted by Crippen LogP contribution is -2.76. The fraction of sp³-hybridized carbons (Fsp3) is 0.588. The second-order valence-electron chi connectivity index (χ2n) is 6.39. The predicted octanol–water partition coefficient (Wildman–Crippen LogP) is -1.33. The van der Waals surface area contributed by atoms with Crippen LogP contribution in [0.2, 0.25) is 0 Å². The summed E-state index contributed by atoms with van der Waals surface area (Å²) in [7, 11) is 0. The minimum atomic E-state index is -1.70. The molecule has 5 N–H and O–H groups in total. The number of carbonyl (C=O) groups is 2. The molecule has 0 aliphatic carbocycles. The SMILES string of the molecule is CCC(=O)N[C@@]1(C(=O)CCc2ccc(F)nc2)CN[C@H](CO)[C@@H](O)[C@@H]1O. The van der Waals surface area contributed by atoms with Crippen LogP contribution >= 0.6 is 0 Å². The quantitative estimate of drug-likeness (QED) is 0.376. The van der Waals surface area contributed by atoms with Gasteiger partial charge in [-0.1, -0.05) is 13.0 Å². The van der Waals surface area contributed by atoms with Gasteiger partial charge in [0.25, 0.3) is 0 Å². The third-order valence-corrected chi connectivity index (χ3v) is 4.69. The molecule has 1 fully saturated rings. The highest BCUT2D eigenvalue weighted by molar-refractivity contribution is 5.94. The molecule has 0 aromatic carbocycles. The van der Waals surface area contributed by atoms with Gasteiger partial charge in [0.15, 0.2) is 5.78 Å². The molecule has 2 rings (SSSR count). The van der Waals surface area contributed by atoms with E-state index in [0.29, 0.717) is 5.56 Å². The Morgan fingerprint density at radius 3 is 2.73 bits per heavy atom. The summed E-state index contributed by atoms with van der Waals surface area (Å²) in [5, 5.41) is 35.3. The number of carbonyl (C=O) groups excluding carboxylic acids is 2. The van der Waals surface area contributed by atoms with E-state index in [9.17, 15) is 29.3 Å². The van der Waals surface area contributed by atoms with E-state index < -0.39 is 48.0 Å². The molecule has 1 saturated heterocycles. The zero-order chi connectivity index (χ0) is 19.3. The number of piperidine rings is 1. The smallest absolute Gasteiger partial charge is 0.220 e. The number of rotatable bonds is 7. The molecule has 9 heteroatoms. The number of nitrogens with zero attached hydrogens (tertiary/aromatic N) is 1. The molecular formula is C17H24FN3O5. The molecule has 4 atom stereocenters. The topological polar surface area (TPSA) is 132 Å². The van der Waals surface area contributed by atoms with E-state index in [4.69, 9.17) is 0 Å². The Morgan fingerprint density at radius 2 is 2.15 bits per heavy atom. The van der Waals surface area contributed by atoms with Gasteiger partial charge in [-0.25, -0.2) is 4.98 Å². The predicted molar refractivity (Wildman–Crippen MR) is 89.6 cm³/mol. The first kappa shape index (κ1) is 20.4. The number of hydrogen-bond donors (Lipinski definition) is 5. The maximum absolute atomic E-state index is 12.9. The Kier molecular flexibility index (Phi) is 6.76. The van der Waals surface area contributed by atoms with Crippen molar-refractivity contribution in [2.45, 2.75) is 50.0 Å². The Labute approximate surface area is 150 Å².